The molecule has 0 aliphatic heterocycles. The Morgan fingerprint density at radius 1 is 0.944 bits per heavy atom. The summed E-state index contributed by atoms with van der Waals surface area (Å²) in [6, 6.07) is 19.2. The highest BCUT2D eigenvalue weighted by Gasteiger charge is 2.11. The van der Waals surface area contributed by atoms with E-state index in [1.54, 1.807) is 53.2 Å². The molecule has 0 aliphatic carbocycles. The van der Waals surface area contributed by atoms with Crippen molar-refractivity contribution < 1.29 is 19.1 Å². The number of pyridine rings is 1. The van der Waals surface area contributed by atoms with E-state index >= 15 is 0 Å². The number of nitrogens with one attached hydrogen (secondary N) is 2. The van der Waals surface area contributed by atoms with Crippen LogP contribution in [0.25, 0.3) is 10.9 Å². The minimum atomic E-state index is -0.649. The van der Waals surface area contributed by atoms with Crippen LogP contribution in [0.2, 0.25) is 0 Å². The summed E-state index contributed by atoms with van der Waals surface area (Å²) < 4.78 is 12.8. The summed E-state index contributed by atoms with van der Waals surface area (Å²) in [7, 11) is 0. The lowest BCUT2D eigenvalue weighted by atomic mass is 10.2. The van der Waals surface area contributed by atoms with Gasteiger partial charge >= 0.3 is 12.1 Å². The third kappa shape index (κ3) is 6.39. The molecule has 2 aromatic carbocycles. The number of para-hydroxylation sites is 1. The van der Waals surface area contributed by atoms with E-state index in [9.17, 15) is 9.59 Å². The molecule has 186 valence electrons. The molecule has 9 heteroatoms. The zero-order valence-electron chi connectivity index (χ0n) is 20.3. The number of nitrogens with zero attached hydrogens (tertiary/aromatic N) is 3. The molecule has 0 saturated carbocycles. The first-order valence-corrected chi connectivity index (χ1v) is 11.8. The number of benzene rings is 2. The van der Waals surface area contributed by atoms with Gasteiger partial charge in [-0.25, -0.2) is 14.6 Å². The maximum atomic E-state index is 12.6. The molecule has 2 heterocycles. The molecule has 0 unspecified atom stereocenters. The largest absolute Gasteiger partial charge is 0.457 e. The standard InChI is InChI=1S/C27H29N5O4/c1-3-31(4-2)17-15-29-26(33)32-16-13-20-18-22(10-11-24(20)32)35-23-12-14-28-25(19-23)30-27(34)36-21-8-6-5-7-9-21/h5-14,16,18-19H,3-4,15,17H2,1-2H3,(H,29,33)(H,28,30,34). The molecular weight excluding hydrogens is 458 g/mol. The third-order valence-electron chi connectivity index (χ3n) is 5.63. The van der Waals surface area contributed by atoms with Gasteiger partial charge in [-0.1, -0.05) is 32.0 Å². The van der Waals surface area contributed by atoms with E-state index in [-0.39, 0.29) is 6.03 Å². The summed E-state index contributed by atoms with van der Waals surface area (Å²) >= 11 is 0. The normalized spacial score (nSPS) is 10.9. The minimum Gasteiger partial charge on any atom is -0.457 e. The highest BCUT2D eigenvalue weighted by atomic mass is 16.6. The van der Waals surface area contributed by atoms with E-state index in [0.29, 0.717) is 29.6 Å². The fourth-order valence-corrected chi connectivity index (χ4v) is 3.71. The van der Waals surface area contributed by atoms with Gasteiger partial charge in [0.1, 0.15) is 23.1 Å². The second kappa shape index (κ2) is 11.9. The van der Waals surface area contributed by atoms with Crippen molar-refractivity contribution in [3.8, 4) is 17.2 Å². The first-order chi connectivity index (χ1) is 17.6. The summed E-state index contributed by atoms with van der Waals surface area (Å²) in [6.45, 7) is 7.51. The van der Waals surface area contributed by atoms with Crippen LogP contribution in [0.1, 0.15) is 13.8 Å². The Morgan fingerprint density at radius 2 is 1.72 bits per heavy atom. The van der Waals surface area contributed by atoms with Crippen LogP contribution in [0, 0.1) is 0 Å². The number of rotatable bonds is 9. The summed E-state index contributed by atoms with van der Waals surface area (Å²) in [5, 5.41) is 6.42. The molecule has 0 spiro atoms. The molecule has 4 rings (SSSR count). The topological polar surface area (TPSA) is 97.7 Å². The first-order valence-electron chi connectivity index (χ1n) is 11.8. The smallest absolute Gasteiger partial charge is 0.418 e. The van der Waals surface area contributed by atoms with Crippen molar-refractivity contribution in [2.45, 2.75) is 13.8 Å². The molecule has 2 aromatic heterocycles. The van der Waals surface area contributed by atoms with E-state index < -0.39 is 6.09 Å². The summed E-state index contributed by atoms with van der Waals surface area (Å²) in [5.41, 5.74) is 0.781. The second-order valence-corrected chi connectivity index (χ2v) is 7.97. The van der Waals surface area contributed by atoms with Crippen LogP contribution in [-0.4, -0.2) is 52.8 Å². The number of carbonyl (C=O) groups excluding carboxylic acids is 2. The number of hydrogen-bond acceptors (Lipinski definition) is 6. The van der Waals surface area contributed by atoms with Crippen molar-refractivity contribution >= 4 is 28.8 Å². The Hall–Kier alpha value is -4.37. The Balaban J connectivity index is 1.38. The maximum absolute atomic E-state index is 12.6. The number of anilines is 1. The zero-order chi connectivity index (χ0) is 25.3. The van der Waals surface area contributed by atoms with Crippen molar-refractivity contribution in [2.24, 2.45) is 0 Å². The number of likely N-dealkylation sites (N-methyl/N-ethyl adjacent to an activating group) is 1. The molecule has 0 bridgehead atoms. The fraction of sp³-hybridized carbons (Fsp3) is 0.222. The van der Waals surface area contributed by atoms with Gasteiger partial charge in [-0.2, -0.15) is 0 Å². The summed E-state index contributed by atoms with van der Waals surface area (Å²) in [5.74, 6) is 1.81. The molecule has 0 saturated heterocycles. The van der Waals surface area contributed by atoms with Gasteiger partial charge in [-0.05, 0) is 55.6 Å². The third-order valence-corrected chi connectivity index (χ3v) is 5.63. The van der Waals surface area contributed by atoms with Crippen LogP contribution in [0.3, 0.4) is 0 Å². The molecule has 0 aliphatic rings. The second-order valence-electron chi connectivity index (χ2n) is 7.97. The van der Waals surface area contributed by atoms with Crippen LogP contribution < -0.4 is 20.1 Å². The van der Waals surface area contributed by atoms with Gasteiger partial charge in [0.05, 0.1) is 5.52 Å². The monoisotopic (exact) mass is 487 g/mol. The van der Waals surface area contributed by atoms with Gasteiger partial charge in [-0.3, -0.25) is 9.88 Å². The first kappa shape index (κ1) is 24.7. The van der Waals surface area contributed by atoms with E-state index in [2.05, 4.69) is 34.4 Å². The Kier molecular flexibility index (Phi) is 8.15. The number of fused-ring (bicyclic) bond motifs is 1. The SMILES string of the molecule is CCN(CC)CCNC(=O)n1ccc2cc(Oc3ccnc(NC(=O)Oc4ccccc4)c3)ccc21. The molecule has 2 amide bonds. The van der Waals surface area contributed by atoms with Crippen LogP contribution >= 0.6 is 0 Å². The molecule has 0 radical (unpaired) electrons. The lowest BCUT2D eigenvalue weighted by Gasteiger charge is -2.18. The number of carbonyl (C=O) groups is 2. The van der Waals surface area contributed by atoms with Crippen LogP contribution in [0.4, 0.5) is 15.4 Å². The predicted molar refractivity (Wildman–Crippen MR) is 139 cm³/mol. The van der Waals surface area contributed by atoms with Crippen LogP contribution in [-0.2, 0) is 0 Å². The zero-order valence-corrected chi connectivity index (χ0v) is 20.3. The lowest BCUT2D eigenvalue weighted by molar-refractivity contribution is 0.215. The Bertz CT molecular complexity index is 1320. The molecule has 36 heavy (non-hydrogen) atoms. The van der Waals surface area contributed by atoms with Crippen molar-refractivity contribution in [3.05, 3.63) is 79.1 Å². The van der Waals surface area contributed by atoms with Gasteiger partial charge in [0.25, 0.3) is 0 Å². The average Bonchev–Trinajstić information content (AvgIpc) is 3.31. The van der Waals surface area contributed by atoms with Crippen molar-refractivity contribution in [1.82, 2.24) is 19.8 Å². The predicted octanol–water partition coefficient (Wildman–Crippen LogP) is 5.34. The van der Waals surface area contributed by atoms with Gasteiger partial charge in [-0.15, -0.1) is 0 Å². The van der Waals surface area contributed by atoms with Crippen LogP contribution in [0.5, 0.6) is 17.2 Å². The molecule has 9 nitrogen and oxygen atoms in total. The minimum absolute atomic E-state index is 0.168. The van der Waals surface area contributed by atoms with E-state index in [1.807, 2.05) is 24.3 Å². The number of amides is 2. The molecule has 2 N–H and O–H groups in total. The number of ether oxygens (including phenoxy) is 2. The molecule has 0 atom stereocenters. The highest BCUT2D eigenvalue weighted by Crippen LogP contribution is 2.27. The van der Waals surface area contributed by atoms with E-state index in [4.69, 9.17) is 9.47 Å². The van der Waals surface area contributed by atoms with Gasteiger partial charge in [0, 0.05) is 36.9 Å². The highest BCUT2D eigenvalue weighted by molar-refractivity contribution is 5.92. The fourth-order valence-electron chi connectivity index (χ4n) is 3.71. The van der Waals surface area contributed by atoms with Crippen molar-refractivity contribution in [1.29, 1.82) is 0 Å². The summed E-state index contributed by atoms with van der Waals surface area (Å²) in [6.07, 6.45) is 2.63. The van der Waals surface area contributed by atoms with Gasteiger partial charge in [0.2, 0.25) is 0 Å². The van der Waals surface area contributed by atoms with Gasteiger partial charge < -0.3 is 19.7 Å². The molecular formula is C27H29N5O4. The average molecular weight is 488 g/mol. The van der Waals surface area contributed by atoms with Crippen LogP contribution in [0.15, 0.2) is 79.1 Å². The van der Waals surface area contributed by atoms with Gasteiger partial charge in [0.15, 0.2) is 0 Å². The Labute approximate surface area is 209 Å². The van der Waals surface area contributed by atoms with E-state index in [1.165, 1.54) is 6.20 Å². The Morgan fingerprint density at radius 3 is 2.50 bits per heavy atom. The molecule has 0 fully saturated rings. The quantitative estimate of drug-likeness (QED) is 0.331. The lowest BCUT2D eigenvalue weighted by Crippen LogP contribution is -2.36. The number of hydrogen-bond donors (Lipinski definition) is 2. The van der Waals surface area contributed by atoms with E-state index in [0.717, 1.165) is 30.5 Å². The summed E-state index contributed by atoms with van der Waals surface area (Å²) in [4.78, 5) is 31.2. The maximum Gasteiger partial charge on any atom is 0.418 e. The van der Waals surface area contributed by atoms with Crippen molar-refractivity contribution in [3.63, 3.8) is 0 Å². The van der Waals surface area contributed by atoms with Crippen molar-refractivity contribution in [2.75, 3.05) is 31.5 Å². The number of aromatic nitrogens is 2. The molecule has 4 aromatic rings.